The summed E-state index contributed by atoms with van der Waals surface area (Å²) in [6, 6.07) is 6.46. The van der Waals surface area contributed by atoms with E-state index < -0.39 is 0 Å². The van der Waals surface area contributed by atoms with E-state index in [9.17, 15) is 4.39 Å². The van der Waals surface area contributed by atoms with Gasteiger partial charge in [-0.15, -0.1) is 0 Å². The zero-order chi connectivity index (χ0) is 11.1. The molecule has 0 heterocycles. The van der Waals surface area contributed by atoms with E-state index in [-0.39, 0.29) is 5.82 Å². The normalized spacial score (nSPS) is 10.0. The van der Waals surface area contributed by atoms with E-state index >= 15 is 0 Å². The molecule has 3 heteroatoms. The number of thiocarbonyl (C=S) groups is 1. The molecule has 0 unspecified atom stereocenters. The first-order valence-electron chi connectivity index (χ1n) is 5.23. The highest BCUT2D eigenvalue weighted by Gasteiger charge is 1.98. The van der Waals surface area contributed by atoms with E-state index in [1.54, 1.807) is 12.1 Å². The lowest BCUT2D eigenvalue weighted by atomic mass is 10.1. The van der Waals surface area contributed by atoms with Crippen LogP contribution in [0.1, 0.15) is 25.3 Å². The van der Waals surface area contributed by atoms with Gasteiger partial charge in [0.2, 0.25) is 0 Å². The van der Waals surface area contributed by atoms with Crippen molar-refractivity contribution in [2.24, 2.45) is 0 Å². The van der Waals surface area contributed by atoms with Crippen LogP contribution in [0.25, 0.3) is 0 Å². The Kier molecular flexibility index (Phi) is 5.26. The summed E-state index contributed by atoms with van der Waals surface area (Å²) in [5.74, 6) is -0.205. The van der Waals surface area contributed by atoms with E-state index in [1.807, 2.05) is 0 Å². The first-order chi connectivity index (χ1) is 7.22. The molecule has 82 valence electrons. The fourth-order valence-corrected chi connectivity index (χ4v) is 1.52. The summed E-state index contributed by atoms with van der Waals surface area (Å²) in [5.41, 5.74) is 1.05. The average Bonchev–Trinajstić information content (AvgIpc) is 2.22. The van der Waals surface area contributed by atoms with Crippen LogP contribution in [0, 0.1) is 5.82 Å². The van der Waals surface area contributed by atoms with Crippen LogP contribution in [0.2, 0.25) is 0 Å². The van der Waals surface area contributed by atoms with Crippen molar-refractivity contribution in [3.63, 3.8) is 0 Å². The van der Waals surface area contributed by atoms with Crippen LogP contribution in [0.15, 0.2) is 24.3 Å². The van der Waals surface area contributed by atoms with Gasteiger partial charge in [0.15, 0.2) is 0 Å². The lowest BCUT2D eigenvalue weighted by molar-refractivity contribution is 0.627. The number of hydrogen-bond donors (Lipinski definition) is 1. The maximum atomic E-state index is 12.6. The molecule has 0 saturated carbocycles. The highest BCUT2D eigenvalue weighted by molar-refractivity contribution is 7.80. The topological polar surface area (TPSA) is 12.0 Å². The van der Waals surface area contributed by atoms with Gasteiger partial charge in [0.05, 0.1) is 4.99 Å². The molecule has 1 rings (SSSR count). The fourth-order valence-electron chi connectivity index (χ4n) is 1.25. The van der Waals surface area contributed by atoms with Crippen molar-refractivity contribution in [3.05, 3.63) is 35.6 Å². The van der Waals surface area contributed by atoms with Gasteiger partial charge in [0.25, 0.3) is 0 Å². The summed E-state index contributed by atoms with van der Waals surface area (Å²) in [6.45, 7) is 3.07. The molecule has 0 spiro atoms. The van der Waals surface area contributed by atoms with E-state index in [1.165, 1.54) is 12.1 Å². The molecule has 0 fully saturated rings. The van der Waals surface area contributed by atoms with E-state index in [0.717, 1.165) is 29.9 Å². The highest BCUT2D eigenvalue weighted by atomic mass is 32.1. The van der Waals surface area contributed by atoms with Gasteiger partial charge in [-0.25, -0.2) is 4.39 Å². The van der Waals surface area contributed by atoms with Gasteiger partial charge in [0.1, 0.15) is 5.82 Å². The van der Waals surface area contributed by atoms with Crippen LogP contribution in [0.4, 0.5) is 4.39 Å². The molecule has 0 amide bonds. The molecular weight excluding hydrogens is 209 g/mol. The Morgan fingerprint density at radius 1 is 1.33 bits per heavy atom. The minimum atomic E-state index is -0.205. The Morgan fingerprint density at radius 2 is 2.00 bits per heavy atom. The molecule has 15 heavy (non-hydrogen) atoms. The number of unbranched alkanes of at least 4 members (excludes halogenated alkanes) is 1. The maximum Gasteiger partial charge on any atom is 0.123 e. The molecule has 0 aliphatic rings. The van der Waals surface area contributed by atoms with Crippen LogP contribution in [-0.2, 0) is 6.42 Å². The predicted molar refractivity (Wildman–Crippen MR) is 65.6 cm³/mol. The van der Waals surface area contributed by atoms with Crippen molar-refractivity contribution in [1.29, 1.82) is 0 Å². The molecule has 1 nitrogen and oxygen atoms in total. The Bertz CT molecular complexity index is 308. The summed E-state index contributed by atoms with van der Waals surface area (Å²) in [6.07, 6.45) is 2.98. The first-order valence-corrected chi connectivity index (χ1v) is 5.64. The summed E-state index contributed by atoms with van der Waals surface area (Å²) in [5, 5.41) is 3.18. The number of hydrogen-bond acceptors (Lipinski definition) is 1. The molecule has 0 saturated heterocycles. The molecule has 1 aromatic rings. The molecule has 1 aromatic carbocycles. The van der Waals surface area contributed by atoms with Gasteiger partial charge in [0, 0.05) is 13.0 Å². The Hall–Kier alpha value is -0.960. The molecule has 0 radical (unpaired) electrons. The largest absolute Gasteiger partial charge is 0.379 e. The third-order valence-electron chi connectivity index (χ3n) is 2.13. The molecule has 1 N–H and O–H groups in total. The van der Waals surface area contributed by atoms with Crippen molar-refractivity contribution in [3.8, 4) is 0 Å². The number of benzene rings is 1. The quantitative estimate of drug-likeness (QED) is 0.610. The number of nitrogens with one attached hydrogen (secondary N) is 1. The van der Waals surface area contributed by atoms with Crippen LogP contribution >= 0.6 is 12.2 Å². The summed E-state index contributed by atoms with van der Waals surface area (Å²) < 4.78 is 12.6. The van der Waals surface area contributed by atoms with Crippen molar-refractivity contribution in [2.45, 2.75) is 26.2 Å². The second-order valence-corrected chi connectivity index (χ2v) is 4.00. The third kappa shape index (κ3) is 4.88. The lowest BCUT2D eigenvalue weighted by Gasteiger charge is -2.06. The zero-order valence-corrected chi connectivity index (χ0v) is 9.74. The average molecular weight is 225 g/mol. The standard InChI is InChI=1S/C12H16FNS/c1-2-3-8-14-12(15)9-10-4-6-11(13)7-5-10/h4-7H,2-3,8-9H2,1H3,(H,14,15). The van der Waals surface area contributed by atoms with Gasteiger partial charge in [-0.2, -0.15) is 0 Å². The van der Waals surface area contributed by atoms with Crippen LogP contribution in [0.5, 0.6) is 0 Å². The number of rotatable bonds is 5. The van der Waals surface area contributed by atoms with Crippen LogP contribution in [0.3, 0.4) is 0 Å². The van der Waals surface area contributed by atoms with E-state index in [2.05, 4.69) is 12.2 Å². The van der Waals surface area contributed by atoms with Gasteiger partial charge >= 0.3 is 0 Å². The minimum absolute atomic E-state index is 0.205. The Morgan fingerprint density at radius 3 is 2.60 bits per heavy atom. The van der Waals surface area contributed by atoms with Crippen molar-refractivity contribution in [1.82, 2.24) is 5.32 Å². The smallest absolute Gasteiger partial charge is 0.123 e. The monoisotopic (exact) mass is 225 g/mol. The molecule has 0 aliphatic heterocycles. The summed E-state index contributed by atoms with van der Waals surface area (Å²) in [4.78, 5) is 0.829. The van der Waals surface area contributed by atoms with Crippen molar-refractivity contribution >= 4 is 17.2 Å². The third-order valence-corrected chi connectivity index (χ3v) is 2.42. The second-order valence-electron chi connectivity index (χ2n) is 3.51. The molecule has 0 bridgehead atoms. The Balaban J connectivity index is 2.34. The fraction of sp³-hybridized carbons (Fsp3) is 0.417. The summed E-state index contributed by atoms with van der Waals surface area (Å²) >= 11 is 5.18. The molecule has 0 aromatic heterocycles. The highest BCUT2D eigenvalue weighted by Crippen LogP contribution is 2.03. The van der Waals surface area contributed by atoms with Crippen molar-refractivity contribution < 1.29 is 4.39 Å². The Labute approximate surface area is 95.7 Å². The van der Waals surface area contributed by atoms with E-state index in [0.29, 0.717) is 6.42 Å². The molecule has 0 atom stereocenters. The van der Waals surface area contributed by atoms with Gasteiger partial charge < -0.3 is 5.32 Å². The SMILES string of the molecule is CCCCNC(=S)Cc1ccc(F)cc1. The van der Waals surface area contributed by atoms with Gasteiger partial charge in [-0.3, -0.25) is 0 Å². The van der Waals surface area contributed by atoms with Gasteiger partial charge in [-0.1, -0.05) is 37.7 Å². The molecular formula is C12H16FNS. The first kappa shape index (κ1) is 12.1. The predicted octanol–water partition coefficient (Wildman–Crippen LogP) is 3.09. The lowest BCUT2D eigenvalue weighted by Crippen LogP contribution is -2.24. The van der Waals surface area contributed by atoms with Gasteiger partial charge in [-0.05, 0) is 24.1 Å². The number of halogens is 1. The van der Waals surface area contributed by atoms with Crippen molar-refractivity contribution in [2.75, 3.05) is 6.54 Å². The van der Waals surface area contributed by atoms with Crippen LogP contribution < -0.4 is 5.32 Å². The van der Waals surface area contributed by atoms with E-state index in [4.69, 9.17) is 12.2 Å². The molecule has 0 aliphatic carbocycles. The second kappa shape index (κ2) is 6.51. The van der Waals surface area contributed by atoms with Crippen LogP contribution in [-0.4, -0.2) is 11.5 Å². The minimum Gasteiger partial charge on any atom is -0.379 e. The maximum absolute atomic E-state index is 12.6. The zero-order valence-electron chi connectivity index (χ0n) is 8.92. The summed E-state index contributed by atoms with van der Waals surface area (Å²) in [7, 11) is 0.